The third kappa shape index (κ3) is 7.86. The van der Waals surface area contributed by atoms with Crippen molar-refractivity contribution in [2.24, 2.45) is 5.16 Å². The van der Waals surface area contributed by atoms with Crippen molar-refractivity contribution in [3.8, 4) is 0 Å². The lowest BCUT2D eigenvalue weighted by Gasteiger charge is -2.40. The Kier molecular flexibility index (Phi) is 9.81. The smallest absolute Gasteiger partial charge is 0.334 e. The van der Waals surface area contributed by atoms with Crippen molar-refractivity contribution in [3.05, 3.63) is 35.9 Å². The Morgan fingerprint density at radius 2 is 1.88 bits per heavy atom. The van der Waals surface area contributed by atoms with Gasteiger partial charge in [0.15, 0.2) is 20.2 Å². The quantitative estimate of drug-likeness (QED) is 0.199. The van der Waals surface area contributed by atoms with Crippen molar-refractivity contribution in [2.75, 3.05) is 13.9 Å². The Bertz CT molecular complexity index is 809. The topological polar surface area (TPSA) is 105 Å². The fourth-order valence-electron chi connectivity index (χ4n) is 3.23. The van der Waals surface area contributed by atoms with Crippen molar-refractivity contribution in [1.29, 1.82) is 0 Å². The van der Waals surface area contributed by atoms with Gasteiger partial charge in [0.1, 0.15) is 31.7 Å². The molecule has 1 aliphatic rings. The Morgan fingerprint density at radius 3 is 2.44 bits per heavy atom. The average molecular weight is 498 g/mol. The number of nitrogens with zero attached hydrogens (tertiary/aromatic N) is 1. The molecule has 34 heavy (non-hydrogen) atoms. The molecule has 0 radical (unpaired) electrons. The standard InChI is InChI=1S/C24H39NO8Si/c1-23(2,3)34(7,8)33-21(22(26)27)20(29-16-28-6)19-18(31-24(4,5)32-19)14-25-30-15-17-12-10-9-11-13-17/h9-14,18-21H,15-16H2,1-8H3,(H,26,27)/b25-14-/t18-,19-,20+,21-/m0/s1. The van der Waals surface area contributed by atoms with E-state index >= 15 is 0 Å². The van der Waals surface area contributed by atoms with Crippen LogP contribution in [0.3, 0.4) is 0 Å². The third-order valence-corrected chi connectivity index (χ3v) is 10.4. The van der Waals surface area contributed by atoms with E-state index in [0.717, 1.165) is 5.56 Å². The second-order valence-electron chi connectivity index (χ2n) is 10.3. The van der Waals surface area contributed by atoms with Crippen LogP contribution in [0.15, 0.2) is 35.5 Å². The van der Waals surface area contributed by atoms with Gasteiger partial charge in [-0.1, -0.05) is 56.3 Å². The Hall–Kier alpha value is -1.82. The molecule has 0 bridgehead atoms. The van der Waals surface area contributed by atoms with Gasteiger partial charge in [0.2, 0.25) is 0 Å². The molecule has 4 atom stereocenters. The molecule has 9 nitrogen and oxygen atoms in total. The molecule has 0 amide bonds. The first-order chi connectivity index (χ1) is 15.8. The summed E-state index contributed by atoms with van der Waals surface area (Å²) < 4.78 is 29.3. The normalized spacial score (nSPS) is 22.6. The van der Waals surface area contributed by atoms with Crippen LogP contribution in [0.5, 0.6) is 0 Å². The maximum absolute atomic E-state index is 12.4. The lowest BCUT2D eigenvalue weighted by Crippen LogP contribution is -2.55. The molecule has 0 spiro atoms. The number of ether oxygens (including phenoxy) is 4. The van der Waals surface area contributed by atoms with E-state index in [0.29, 0.717) is 0 Å². The molecule has 0 aromatic heterocycles. The van der Waals surface area contributed by atoms with E-state index in [1.807, 2.05) is 64.2 Å². The minimum absolute atomic E-state index is 0.135. The monoisotopic (exact) mass is 497 g/mol. The van der Waals surface area contributed by atoms with Crippen molar-refractivity contribution >= 4 is 20.5 Å². The van der Waals surface area contributed by atoms with Gasteiger partial charge in [-0.25, -0.2) is 4.79 Å². The molecule has 0 unspecified atom stereocenters. The maximum Gasteiger partial charge on any atom is 0.334 e. The van der Waals surface area contributed by atoms with Crippen LogP contribution in [-0.2, 0) is 39.6 Å². The molecule has 0 aliphatic carbocycles. The van der Waals surface area contributed by atoms with Gasteiger partial charge in [-0.3, -0.25) is 0 Å². The van der Waals surface area contributed by atoms with E-state index in [9.17, 15) is 9.90 Å². The van der Waals surface area contributed by atoms with E-state index in [-0.39, 0.29) is 18.4 Å². The SMILES string of the molecule is COCO[C@H]([C@H]1OC(C)(C)O[C@H]1/C=N\OCc1ccccc1)[C@H](O[Si](C)(C)C(C)(C)C)C(=O)O. The molecule has 1 saturated heterocycles. The number of aliphatic carboxylic acids is 1. The molecule has 1 aromatic rings. The summed E-state index contributed by atoms with van der Waals surface area (Å²) in [5, 5.41) is 14.0. The maximum atomic E-state index is 12.4. The Labute approximate surface area is 203 Å². The summed E-state index contributed by atoms with van der Waals surface area (Å²) in [6.45, 7) is 13.8. The first-order valence-electron chi connectivity index (χ1n) is 11.3. The van der Waals surface area contributed by atoms with Crippen LogP contribution in [0, 0.1) is 0 Å². The summed E-state index contributed by atoms with van der Waals surface area (Å²) in [5.41, 5.74) is 0.968. The van der Waals surface area contributed by atoms with Gasteiger partial charge < -0.3 is 33.3 Å². The number of benzene rings is 1. The van der Waals surface area contributed by atoms with E-state index < -0.39 is 44.5 Å². The minimum atomic E-state index is -2.47. The fraction of sp³-hybridized carbons (Fsp3) is 0.667. The van der Waals surface area contributed by atoms with Gasteiger partial charge in [0.05, 0.1) is 6.21 Å². The summed E-state index contributed by atoms with van der Waals surface area (Å²) in [6.07, 6.45) is -2.38. The Balaban J connectivity index is 2.26. The molecular formula is C24H39NO8Si. The van der Waals surface area contributed by atoms with Crippen LogP contribution >= 0.6 is 0 Å². The van der Waals surface area contributed by atoms with Crippen molar-refractivity contribution in [2.45, 2.75) is 89.6 Å². The number of methoxy groups -OCH3 is 1. The molecule has 10 heteroatoms. The predicted octanol–water partition coefficient (Wildman–Crippen LogP) is 4.17. The molecule has 0 saturated carbocycles. The van der Waals surface area contributed by atoms with E-state index in [1.165, 1.54) is 13.3 Å². The largest absolute Gasteiger partial charge is 0.479 e. The van der Waals surface area contributed by atoms with Crippen molar-refractivity contribution < 1.29 is 38.1 Å². The van der Waals surface area contributed by atoms with Crippen LogP contribution in [-0.4, -0.2) is 69.7 Å². The lowest BCUT2D eigenvalue weighted by molar-refractivity contribution is -0.193. The highest BCUT2D eigenvalue weighted by Gasteiger charge is 2.52. The van der Waals surface area contributed by atoms with E-state index in [1.54, 1.807) is 13.8 Å². The van der Waals surface area contributed by atoms with Crippen LogP contribution in [0.4, 0.5) is 0 Å². The molecule has 192 valence electrons. The molecule has 2 rings (SSSR count). The fourth-order valence-corrected chi connectivity index (χ4v) is 4.45. The zero-order valence-corrected chi connectivity index (χ0v) is 22.4. The summed E-state index contributed by atoms with van der Waals surface area (Å²) >= 11 is 0. The van der Waals surface area contributed by atoms with Gasteiger partial charge in [-0.2, -0.15) is 0 Å². The molecule has 1 N–H and O–H groups in total. The molecule has 1 heterocycles. The summed E-state index contributed by atoms with van der Waals surface area (Å²) in [4.78, 5) is 17.8. The minimum Gasteiger partial charge on any atom is -0.479 e. The number of oxime groups is 1. The van der Waals surface area contributed by atoms with Gasteiger partial charge in [0, 0.05) is 7.11 Å². The highest BCUT2D eigenvalue weighted by molar-refractivity contribution is 6.74. The number of carbonyl (C=O) groups is 1. The zero-order chi connectivity index (χ0) is 25.6. The second-order valence-corrected chi connectivity index (χ2v) is 15.0. The predicted molar refractivity (Wildman–Crippen MR) is 130 cm³/mol. The van der Waals surface area contributed by atoms with Crippen LogP contribution < -0.4 is 0 Å². The summed E-state index contributed by atoms with van der Waals surface area (Å²) in [7, 11) is -1.00. The second kappa shape index (κ2) is 11.7. The highest BCUT2D eigenvalue weighted by Crippen LogP contribution is 2.39. The number of carboxylic acid groups (broad SMARTS) is 1. The summed E-state index contributed by atoms with van der Waals surface area (Å²) in [6, 6.07) is 9.62. The van der Waals surface area contributed by atoms with Gasteiger partial charge >= 0.3 is 5.97 Å². The van der Waals surface area contributed by atoms with Crippen LogP contribution in [0.1, 0.15) is 40.2 Å². The number of hydrogen-bond acceptors (Lipinski definition) is 8. The van der Waals surface area contributed by atoms with Gasteiger partial charge in [-0.05, 0) is 37.5 Å². The van der Waals surface area contributed by atoms with Gasteiger partial charge in [-0.15, -0.1) is 0 Å². The molecule has 1 aromatic carbocycles. The van der Waals surface area contributed by atoms with Crippen LogP contribution in [0.2, 0.25) is 18.1 Å². The van der Waals surface area contributed by atoms with Crippen molar-refractivity contribution in [1.82, 2.24) is 0 Å². The number of rotatable bonds is 12. The zero-order valence-electron chi connectivity index (χ0n) is 21.4. The number of carboxylic acids is 1. The first kappa shape index (κ1) is 28.4. The molecule has 1 aliphatic heterocycles. The van der Waals surface area contributed by atoms with Crippen LogP contribution in [0.25, 0.3) is 0 Å². The van der Waals surface area contributed by atoms with Gasteiger partial charge in [0.25, 0.3) is 0 Å². The van der Waals surface area contributed by atoms with E-state index in [4.69, 9.17) is 28.2 Å². The summed E-state index contributed by atoms with van der Waals surface area (Å²) in [5.74, 6) is -2.13. The number of hydrogen-bond donors (Lipinski definition) is 1. The lowest BCUT2D eigenvalue weighted by atomic mass is 10.0. The molecular weight excluding hydrogens is 458 g/mol. The van der Waals surface area contributed by atoms with Crippen molar-refractivity contribution in [3.63, 3.8) is 0 Å². The Morgan fingerprint density at radius 1 is 1.24 bits per heavy atom. The average Bonchev–Trinajstić information content (AvgIpc) is 3.04. The molecule has 1 fully saturated rings. The van der Waals surface area contributed by atoms with E-state index in [2.05, 4.69) is 5.16 Å². The third-order valence-electron chi connectivity index (χ3n) is 5.99. The first-order valence-corrected chi connectivity index (χ1v) is 14.2. The highest BCUT2D eigenvalue weighted by atomic mass is 28.4.